The molecular formula is C15H14Br2N2O5. The van der Waals surface area contributed by atoms with Crippen LogP contribution in [0, 0.1) is 0 Å². The van der Waals surface area contributed by atoms with E-state index >= 15 is 0 Å². The van der Waals surface area contributed by atoms with Crippen molar-refractivity contribution in [3.8, 4) is 5.75 Å². The van der Waals surface area contributed by atoms with Crippen LogP contribution < -0.4 is 10.1 Å². The standard InChI is InChI=1S/C15H14Br2N2O5/c1-3-19-14(21)11(18-15(19)22)6-8-4-9(16)13(10(17)5-8)24-7-12(20)23-2/h4-6H,3,7H2,1-2H3,(H,18,22)/b11-6+. The van der Waals surface area contributed by atoms with E-state index in [2.05, 4.69) is 41.9 Å². The van der Waals surface area contributed by atoms with E-state index in [1.807, 2.05) is 0 Å². The summed E-state index contributed by atoms with van der Waals surface area (Å²) in [4.78, 5) is 36.0. The molecule has 24 heavy (non-hydrogen) atoms. The maximum Gasteiger partial charge on any atom is 0.343 e. The van der Waals surface area contributed by atoms with Gasteiger partial charge in [0.2, 0.25) is 0 Å². The molecule has 1 fully saturated rings. The van der Waals surface area contributed by atoms with Gasteiger partial charge in [-0.3, -0.25) is 9.69 Å². The molecule has 1 aromatic rings. The Balaban J connectivity index is 2.24. The third-order valence-corrected chi connectivity index (χ3v) is 4.35. The number of hydrogen-bond donors (Lipinski definition) is 1. The fourth-order valence-electron chi connectivity index (χ4n) is 2.02. The first-order valence-corrected chi connectivity index (χ1v) is 8.49. The summed E-state index contributed by atoms with van der Waals surface area (Å²) in [6, 6.07) is 2.97. The zero-order valence-corrected chi connectivity index (χ0v) is 16.1. The molecule has 0 aromatic heterocycles. The molecule has 3 amide bonds. The van der Waals surface area contributed by atoms with Crippen LogP contribution in [-0.2, 0) is 14.3 Å². The molecule has 0 spiro atoms. The lowest BCUT2D eigenvalue weighted by atomic mass is 10.2. The highest BCUT2D eigenvalue weighted by Gasteiger charge is 2.32. The van der Waals surface area contributed by atoms with Gasteiger partial charge in [0.05, 0.1) is 16.1 Å². The van der Waals surface area contributed by atoms with Crippen molar-refractivity contribution in [1.29, 1.82) is 0 Å². The number of carbonyl (C=O) groups excluding carboxylic acids is 3. The van der Waals surface area contributed by atoms with Gasteiger partial charge in [-0.1, -0.05) is 0 Å². The van der Waals surface area contributed by atoms with Gasteiger partial charge >= 0.3 is 12.0 Å². The molecule has 0 aliphatic carbocycles. The van der Waals surface area contributed by atoms with Gasteiger partial charge in [-0.15, -0.1) is 0 Å². The van der Waals surface area contributed by atoms with Crippen molar-refractivity contribution in [2.75, 3.05) is 20.3 Å². The van der Waals surface area contributed by atoms with E-state index in [4.69, 9.17) is 4.74 Å². The second-order valence-electron chi connectivity index (χ2n) is 4.72. The van der Waals surface area contributed by atoms with Gasteiger partial charge in [0.25, 0.3) is 5.91 Å². The number of nitrogens with one attached hydrogen (secondary N) is 1. The van der Waals surface area contributed by atoms with Crippen LogP contribution in [-0.4, -0.2) is 43.1 Å². The Labute approximate surface area is 155 Å². The number of halogens is 2. The normalized spacial score (nSPS) is 15.7. The minimum absolute atomic E-state index is 0.198. The number of esters is 1. The van der Waals surface area contributed by atoms with Crippen molar-refractivity contribution in [1.82, 2.24) is 10.2 Å². The number of methoxy groups -OCH3 is 1. The second kappa shape index (κ2) is 7.80. The first-order valence-electron chi connectivity index (χ1n) is 6.90. The van der Waals surface area contributed by atoms with Crippen molar-refractivity contribution in [2.24, 2.45) is 0 Å². The number of likely N-dealkylation sites (N-methyl/N-ethyl adjacent to an activating group) is 1. The SMILES string of the molecule is CCN1C(=O)N/C(=C/c2cc(Br)c(OCC(=O)OC)c(Br)c2)C1=O. The Morgan fingerprint density at radius 3 is 2.42 bits per heavy atom. The smallest absolute Gasteiger partial charge is 0.343 e. The number of hydrogen-bond acceptors (Lipinski definition) is 5. The summed E-state index contributed by atoms with van der Waals surface area (Å²) in [5.41, 5.74) is 0.865. The number of rotatable bonds is 5. The molecule has 0 atom stereocenters. The van der Waals surface area contributed by atoms with Crippen molar-refractivity contribution in [3.63, 3.8) is 0 Å². The molecule has 0 radical (unpaired) electrons. The van der Waals surface area contributed by atoms with Crippen LogP contribution in [0.2, 0.25) is 0 Å². The maximum atomic E-state index is 12.1. The Kier molecular flexibility index (Phi) is 6.00. The first-order chi connectivity index (χ1) is 11.4. The quantitative estimate of drug-likeness (QED) is 0.414. The molecule has 0 saturated carbocycles. The van der Waals surface area contributed by atoms with Crippen LogP contribution in [0.3, 0.4) is 0 Å². The van der Waals surface area contributed by atoms with Crippen LogP contribution >= 0.6 is 31.9 Å². The molecule has 7 nitrogen and oxygen atoms in total. The third-order valence-electron chi connectivity index (χ3n) is 3.17. The predicted molar refractivity (Wildman–Crippen MR) is 93.2 cm³/mol. The van der Waals surface area contributed by atoms with Crippen LogP contribution in [0.4, 0.5) is 4.79 Å². The fraction of sp³-hybridized carbons (Fsp3) is 0.267. The lowest BCUT2D eigenvalue weighted by Crippen LogP contribution is -2.30. The maximum absolute atomic E-state index is 12.1. The lowest BCUT2D eigenvalue weighted by Gasteiger charge is -2.10. The number of nitrogens with zero attached hydrogens (tertiary/aromatic N) is 1. The van der Waals surface area contributed by atoms with Gasteiger partial charge in [-0.05, 0) is 62.6 Å². The highest BCUT2D eigenvalue weighted by Crippen LogP contribution is 2.35. The predicted octanol–water partition coefficient (Wildman–Crippen LogP) is 2.68. The lowest BCUT2D eigenvalue weighted by molar-refractivity contribution is -0.143. The topological polar surface area (TPSA) is 84.9 Å². The monoisotopic (exact) mass is 460 g/mol. The Bertz CT molecular complexity index is 710. The second-order valence-corrected chi connectivity index (χ2v) is 6.42. The molecule has 0 unspecified atom stereocenters. The van der Waals surface area contributed by atoms with E-state index in [1.165, 1.54) is 7.11 Å². The van der Waals surface area contributed by atoms with Crippen molar-refractivity contribution in [3.05, 3.63) is 32.3 Å². The average molecular weight is 462 g/mol. The molecule has 1 aromatic carbocycles. The van der Waals surface area contributed by atoms with Crippen LogP contribution in [0.1, 0.15) is 12.5 Å². The summed E-state index contributed by atoms with van der Waals surface area (Å²) < 4.78 is 11.1. The summed E-state index contributed by atoms with van der Waals surface area (Å²) in [5, 5.41) is 2.53. The Morgan fingerprint density at radius 2 is 1.92 bits per heavy atom. The minimum atomic E-state index is -0.501. The first kappa shape index (κ1) is 18.5. The molecule has 1 saturated heterocycles. The van der Waals surface area contributed by atoms with Crippen molar-refractivity contribution >= 4 is 55.8 Å². The molecule has 0 bridgehead atoms. The van der Waals surface area contributed by atoms with Gasteiger partial charge in [-0.25, -0.2) is 9.59 Å². The van der Waals surface area contributed by atoms with Gasteiger partial charge in [0.1, 0.15) is 11.4 Å². The van der Waals surface area contributed by atoms with Gasteiger partial charge in [0, 0.05) is 6.54 Å². The van der Waals surface area contributed by atoms with Crippen molar-refractivity contribution < 1.29 is 23.9 Å². The molecule has 1 heterocycles. The van der Waals surface area contributed by atoms with E-state index in [0.717, 1.165) is 4.90 Å². The van der Waals surface area contributed by atoms with Crippen molar-refractivity contribution in [2.45, 2.75) is 6.92 Å². The molecular weight excluding hydrogens is 448 g/mol. The fourth-order valence-corrected chi connectivity index (χ4v) is 3.47. The number of imide groups is 1. The molecule has 1 aliphatic rings. The van der Waals surface area contributed by atoms with Gasteiger partial charge < -0.3 is 14.8 Å². The number of ether oxygens (including phenoxy) is 2. The van der Waals surface area contributed by atoms with E-state index in [0.29, 0.717) is 26.8 Å². The third kappa shape index (κ3) is 3.96. The van der Waals surface area contributed by atoms with Gasteiger partial charge in [0.15, 0.2) is 6.61 Å². The number of amides is 3. The number of urea groups is 1. The molecule has 9 heteroatoms. The van der Waals surface area contributed by atoms with Crippen LogP contribution in [0.15, 0.2) is 26.8 Å². The number of benzene rings is 1. The van der Waals surface area contributed by atoms with E-state index in [9.17, 15) is 14.4 Å². The number of carbonyl (C=O) groups is 3. The summed E-state index contributed by atoms with van der Waals surface area (Å²) in [6.45, 7) is 1.80. The molecule has 1 aliphatic heterocycles. The molecule has 1 N–H and O–H groups in total. The Hall–Kier alpha value is -1.87. The summed E-state index contributed by atoms with van der Waals surface area (Å²) >= 11 is 6.71. The summed E-state index contributed by atoms with van der Waals surface area (Å²) in [6.07, 6.45) is 1.56. The molecule has 128 valence electrons. The van der Waals surface area contributed by atoms with E-state index in [1.54, 1.807) is 25.1 Å². The molecule has 2 rings (SSSR count). The summed E-state index contributed by atoms with van der Waals surface area (Å²) in [5.74, 6) is -0.445. The zero-order valence-electron chi connectivity index (χ0n) is 12.9. The van der Waals surface area contributed by atoms with E-state index in [-0.39, 0.29) is 18.2 Å². The highest BCUT2D eigenvalue weighted by molar-refractivity contribution is 9.11. The van der Waals surface area contributed by atoms with E-state index < -0.39 is 12.0 Å². The minimum Gasteiger partial charge on any atom is -0.480 e. The van der Waals surface area contributed by atoms with Crippen LogP contribution in [0.5, 0.6) is 5.75 Å². The largest absolute Gasteiger partial charge is 0.480 e. The zero-order chi connectivity index (χ0) is 17.9. The average Bonchev–Trinajstić information content (AvgIpc) is 2.79. The highest BCUT2D eigenvalue weighted by atomic mass is 79.9. The van der Waals surface area contributed by atoms with Crippen LogP contribution in [0.25, 0.3) is 6.08 Å². The summed E-state index contributed by atoms with van der Waals surface area (Å²) in [7, 11) is 1.28. The Morgan fingerprint density at radius 1 is 1.29 bits per heavy atom. The van der Waals surface area contributed by atoms with Gasteiger partial charge in [-0.2, -0.15) is 0 Å².